The molecule has 10 nitrogen and oxygen atoms in total. The molecule has 0 aromatic heterocycles. The fourth-order valence-corrected chi connectivity index (χ4v) is 7.86. The number of allylic oxidation sites excluding steroid dienone is 1. The van der Waals surface area contributed by atoms with E-state index in [0.717, 1.165) is 31.9 Å². The average molecular weight is 626 g/mol. The van der Waals surface area contributed by atoms with Crippen molar-refractivity contribution in [3.63, 3.8) is 0 Å². The Morgan fingerprint density at radius 1 is 1.00 bits per heavy atom. The number of amides is 1. The Labute approximate surface area is 257 Å². The monoisotopic (exact) mass is 625 g/mol. The lowest BCUT2D eigenvalue weighted by molar-refractivity contribution is -0.571. The van der Waals surface area contributed by atoms with Crippen LogP contribution in [0, 0.1) is 23.7 Å². The quantitative estimate of drug-likeness (QED) is 0.253. The third-order valence-corrected chi connectivity index (χ3v) is 10.8. The summed E-state index contributed by atoms with van der Waals surface area (Å²) in [5.74, 6) is -0.221. The van der Waals surface area contributed by atoms with E-state index in [1.54, 1.807) is 42.5 Å². The van der Waals surface area contributed by atoms with Gasteiger partial charge in [0.15, 0.2) is 34.1 Å². The highest BCUT2D eigenvalue weighted by Gasteiger charge is 2.69. The van der Waals surface area contributed by atoms with E-state index >= 15 is 0 Å². The third-order valence-electron chi connectivity index (χ3n) is 9.71. The highest BCUT2D eigenvalue weighted by molar-refractivity contribution is 7.90. The molecular weight excluding hydrogens is 586 g/mol. The first-order valence-electron chi connectivity index (χ1n) is 15.1. The number of ketones is 1. The lowest BCUT2D eigenvalue weighted by atomic mass is 9.58. The van der Waals surface area contributed by atoms with Crippen LogP contribution in [0.25, 0.3) is 6.08 Å². The summed E-state index contributed by atoms with van der Waals surface area (Å²) in [6.45, 7) is 5.99. The first-order chi connectivity index (χ1) is 20.9. The molecule has 5 fully saturated rings. The fraction of sp³-hybridized carbons (Fsp3) is 0.515. The summed E-state index contributed by atoms with van der Waals surface area (Å²) >= 11 is 0. The van der Waals surface area contributed by atoms with Crippen molar-refractivity contribution in [1.29, 1.82) is 0 Å². The largest absolute Gasteiger partial charge is 0.484 e. The number of fused-ring (bicyclic) bond motifs is 2. The lowest BCUT2D eigenvalue weighted by Gasteiger charge is -2.60. The summed E-state index contributed by atoms with van der Waals surface area (Å²) in [6.07, 6.45) is 6.64. The molecule has 8 atom stereocenters. The highest BCUT2D eigenvalue weighted by atomic mass is 32.2. The van der Waals surface area contributed by atoms with E-state index in [4.69, 9.17) is 24.0 Å². The van der Waals surface area contributed by atoms with Crippen molar-refractivity contribution in [2.45, 2.75) is 75.3 Å². The maximum absolute atomic E-state index is 13.0. The van der Waals surface area contributed by atoms with Gasteiger partial charge < -0.3 is 19.5 Å². The standard InChI is InChI=1S/C33H39NO9S/c1-20-5-15-27-21(2)30(40-31-33(27)26(20)17-18-32(3,41-31)42-43-33)34-29(36)19-39-24-11-9-23(10-12-24)28(35)16-8-22-6-13-25(14-7-22)44(4,37)38/h6-14,16,20-21,26-27,30-31H,5,15,17-19H2,1-4H3,(H,34,36)/b16-8+/t20-,21-,26+,27+,30+,31-,32-,33-/m1/s1. The maximum Gasteiger partial charge on any atom is 0.259 e. The predicted molar refractivity (Wildman–Crippen MR) is 160 cm³/mol. The molecular formula is C33H39NO9S. The van der Waals surface area contributed by atoms with Gasteiger partial charge in [0.25, 0.3) is 5.91 Å². The SMILES string of the molecule is C[C@H]1[C@@H](NC(=O)COc2ccc(C(=O)/C=C/c3ccc(S(C)(=O)=O)cc3)cc2)O[C@@H]2O[C@@]3(C)CC[C@H]4[C@H](C)CC[C@@H]1[C@@]24OO3. The minimum absolute atomic E-state index is 0.0316. The van der Waals surface area contributed by atoms with Crippen LogP contribution in [0.2, 0.25) is 0 Å². The second kappa shape index (κ2) is 11.7. The van der Waals surface area contributed by atoms with Gasteiger partial charge in [-0.15, -0.1) is 0 Å². The molecule has 1 spiro atoms. The summed E-state index contributed by atoms with van der Waals surface area (Å²) in [5, 5.41) is 2.99. The average Bonchev–Trinajstić information content (AvgIpc) is 3.23. The van der Waals surface area contributed by atoms with Gasteiger partial charge in [-0.05, 0) is 86.1 Å². The molecule has 1 aliphatic carbocycles. The van der Waals surface area contributed by atoms with Gasteiger partial charge >= 0.3 is 0 Å². The Hall–Kier alpha value is -3.09. The van der Waals surface area contributed by atoms with Crippen molar-refractivity contribution in [3.8, 4) is 5.75 Å². The molecule has 11 heteroatoms. The van der Waals surface area contributed by atoms with Gasteiger partial charge in [0.1, 0.15) is 12.0 Å². The second-order valence-corrected chi connectivity index (χ2v) is 14.8. The molecule has 1 N–H and O–H groups in total. The molecule has 0 radical (unpaired) electrons. The van der Waals surface area contributed by atoms with Crippen molar-refractivity contribution in [2.24, 2.45) is 23.7 Å². The van der Waals surface area contributed by atoms with Gasteiger partial charge in [-0.3, -0.25) is 9.59 Å². The number of rotatable bonds is 8. The molecule has 4 aliphatic heterocycles. The van der Waals surface area contributed by atoms with E-state index in [1.807, 2.05) is 6.92 Å². The Balaban J connectivity index is 1.04. The summed E-state index contributed by atoms with van der Waals surface area (Å²) in [6, 6.07) is 12.8. The van der Waals surface area contributed by atoms with Gasteiger partial charge in [0, 0.05) is 30.1 Å². The van der Waals surface area contributed by atoms with E-state index in [-0.39, 0.29) is 40.9 Å². The molecule has 0 unspecified atom stereocenters. The van der Waals surface area contributed by atoms with Crippen LogP contribution in [0.15, 0.2) is 59.5 Å². The van der Waals surface area contributed by atoms with Crippen molar-refractivity contribution in [3.05, 3.63) is 65.7 Å². The Morgan fingerprint density at radius 3 is 2.43 bits per heavy atom. The van der Waals surface area contributed by atoms with Crippen LogP contribution in [0.1, 0.15) is 62.4 Å². The van der Waals surface area contributed by atoms with Crippen molar-refractivity contribution in [1.82, 2.24) is 5.32 Å². The van der Waals surface area contributed by atoms with Crippen LogP contribution in [0.5, 0.6) is 5.75 Å². The molecule has 1 amide bonds. The Morgan fingerprint density at radius 2 is 1.73 bits per heavy atom. The smallest absolute Gasteiger partial charge is 0.259 e. The molecule has 4 heterocycles. The predicted octanol–water partition coefficient (Wildman–Crippen LogP) is 4.69. The number of nitrogens with one attached hydrogen (secondary N) is 1. The minimum Gasteiger partial charge on any atom is -0.484 e. The number of sulfone groups is 1. The zero-order valence-electron chi connectivity index (χ0n) is 25.4. The van der Waals surface area contributed by atoms with Crippen LogP contribution < -0.4 is 10.1 Å². The number of ether oxygens (including phenoxy) is 3. The van der Waals surface area contributed by atoms with E-state index < -0.39 is 33.7 Å². The summed E-state index contributed by atoms with van der Waals surface area (Å²) in [7, 11) is -3.28. The number of hydrogen-bond acceptors (Lipinski definition) is 9. The molecule has 2 aromatic rings. The van der Waals surface area contributed by atoms with E-state index in [9.17, 15) is 18.0 Å². The van der Waals surface area contributed by atoms with Gasteiger partial charge in [-0.25, -0.2) is 18.2 Å². The van der Waals surface area contributed by atoms with Gasteiger partial charge in [0.2, 0.25) is 5.79 Å². The molecule has 4 saturated heterocycles. The zero-order chi connectivity index (χ0) is 31.3. The lowest BCUT2D eigenvalue weighted by Crippen LogP contribution is -2.72. The molecule has 7 rings (SSSR count). The zero-order valence-corrected chi connectivity index (χ0v) is 26.2. The Bertz CT molecular complexity index is 1540. The summed E-state index contributed by atoms with van der Waals surface area (Å²) in [4.78, 5) is 37.8. The van der Waals surface area contributed by atoms with E-state index in [1.165, 1.54) is 18.2 Å². The van der Waals surface area contributed by atoms with Crippen LogP contribution in [-0.2, 0) is 33.9 Å². The third kappa shape index (κ3) is 5.83. The minimum atomic E-state index is -3.28. The number of benzene rings is 2. The number of carbonyl (C=O) groups is 2. The number of hydrogen-bond donors (Lipinski definition) is 1. The molecule has 236 valence electrons. The molecule has 2 aromatic carbocycles. The van der Waals surface area contributed by atoms with Crippen molar-refractivity contribution >= 4 is 27.6 Å². The number of carbonyl (C=O) groups excluding carboxylic acids is 2. The van der Waals surface area contributed by atoms with E-state index in [2.05, 4.69) is 19.2 Å². The fourth-order valence-electron chi connectivity index (χ4n) is 7.23. The summed E-state index contributed by atoms with van der Waals surface area (Å²) in [5.41, 5.74) is 0.457. The second-order valence-electron chi connectivity index (χ2n) is 12.7. The van der Waals surface area contributed by atoms with E-state index in [0.29, 0.717) is 22.8 Å². The van der Waals surface area contributed by atoms with Crippen LogP contribution in [-0.4, -0.2) is 56.9 Å². The molecule has 44 heavy (non-hydrogen) atoms. The van der Waals surface area contributed by atoms with Crippen LogP contribution in [0.3, 0.4) is 0 Å². The Kier molecular flexibility index (Phi) is 8.21. The maximum atomic E-state index is 13.0. The topological polar surface area (TPSA) is 126 Å². The summed E-state index contributed by atoms with van der Waals surface area (Å²) < 4.78 is 41.7. The first-order valence-corrected chi connectivity index (χ1v) is 17.0. The van der Waals surface area contributed by atoms with Crippen LogP contribution in [0.4, 0.5) is 0 Å². The molecule has 2 bridgehead atoms. The normalized spacial score (nSPS) is 34.6. The van der Waals surface area contributed by atoms with Crippen LogP contribution >= 0.6 is 0 Å². The van der Waals surface area contributed by atoms with Crippen molar-refractivity contribution in [2.75, 3.05) is 12.9 Å². The highest BCUT2D eigenvalue weighted by Crippen LogP contribution is 2.60. The molecule has 5 aliphatic rings. The van der Waals surface area contributed by atoms with Gasteiger partial charge in [-0.1, -0.05) is 32.1 Å². The van der Waals surface area contributed by atoms with Crippen molar-refractivity contribution < 1.29 is 42.0 Å². The molecule has 1 saturated carbocycles. The van der Waals surface area contributed by atoms with Gasteiger partial charge in [0.05, 0.1) is 4.90 Å². The van der Waals surface area contributed by atoms with Gasteiger partial charge in [-0.2, -0.15) is 0 Å². The first kappa shape index (κ1) is 30.9.